The van der Waals surface area contributed by atoms with Crippen LogP contribution < -0.4 is 22.1 Å². The lowest BCUT2D eigenvalue weighted by molar-refractivity contribution is -0.128. The van der Waals surface area contributed by atoms with Crippen molar-refractivity contribution in [3.05, 3.63) is 63.1 Å². The first kappa shape index (κ1) is 25.2. The van der Waals surface area contributed by atoms with Gasteiger partial charge in [-0.2, -0.15) is 0 Å². The van der Waals surface area contributed by atoms with Crippen molar-refractivity contribution in [2.45, 2.75) is 38.7 Å². The molecule has 34 heavy (non-hydrogen) atoms. The fraction of sp³-hybridized carbons (Fsp3) is 0.409. The summed E-state index contributed by atoms with van der Waals surface area (Å²) < 4.78 is 8.91. The number of benzene rings is 1. The standard InChI is InChI=1S/C22H28N6O5S/c1-15(2)34-13-18(30)25-24-17(29)12-28-21(31)19-20(23-14-26(19)9-10-33-3)27(22(28)32)11-16-7-5-4-6-8-16/h4-8,14-15H,9-13H2,1-3H3,(H,24,29)(H,25,30). The number of methoxy groups -OCH3 is 1. The number of imidazole rings is 1. The van der Waals surface area contributed by atoms with Gasteiger partial charge < -0.3 is 9.30 Å². The van der Waals surface area contributed by atoms with Crippen LogP contribution in [0.4, 0.5) is 0 Å². The van der Waals surface area contributed by atoms with Crippen LogP contribution in [0.2, 0.25) is 0 Å². The van der Waals surface area contributed by atoms with E-state index in [1.165, 1.54) is 22.7 Å². The highest BCUT2D eigenvalue weighted by Gasteiger charge is 2.20. The molecule has 0 bridgehead atoms. The molecule has 0 fully saturated rings. The summed E-state index contributed by atoms with van der Waals surface area (Å²) in [6.07, 6.45) is 1.48. The van der Waals surface area contributed by atoms with Crippen LogP contribution in [-0.4, -0.2) is 55.2 Å². The lowest BCUT2D eigenvalue weighted by atomic mass is 10.2. The lowest BCUT2D eigenvalue weighted by Gasteiger charge is -2.13. The van der Waals surface area contributed by atoms with Crippen molar-refractivity contribution in [3.8, 4) is 0 Å². The van der Waals surface area contributed by atoms with E-state index >= 15 is 0 Å². The molecule has 182 valence electrons. The van der Waals surface area contributed by atoms with E-state index in [2.05, 4.69) is 15.8 Å². The summed E-state index contributed by atoms with van der Waals surface area (Å²) in [6, 6.07) is 9.26. The smallest absolute Gasteiger partial charge is 0.333 e. The van der Waals surface area contributed by atoms with Gasteiger partial charge in [0.25, 0.3) is 11.5 Å². The number of fused-ring (bicyclic) bond motifs is 1. The summed E-state index contributed by atoms with van der Waals surface area (Å²) in [5.41, 5.74) is 4.51. The Morgan fingerprint density at radius 2 is 1.79 bits per heavy atom. The largest absolute Gasteiger partial charge is 0.383 e. The Bertz CT molecular complexity index is 1260. The SMILES string of the molecule is COCCn1cnc2c1c(=O)n(CC(=O)NNC(=O)CSC(C)C)c(=O)n2Cc1ccccc1. The highest BCUT2D eigenvalue weighted by Crippen LogP contribution is 2.10. The van der Waals surface area contributed by atoms with Crippen LogP contribution >= 0.6 is 11.8 Å². The van der Waals surface area contributed by atoms with E-state index in [9.17, 15) is 19.2 Å². The van der Waals surface area contributed by atoms with Gasteiger partial charge in [0.15, 0.2) is 11.2 Å². The number of hydrogen-bond acceptors (Lipinski definition) is 7. The topological polar surface area (TPSA) is 129 Å². The molecule has 3 rings (SSSR count). The number of aromatic nitrogens is 4. The van der Waals surface area contributed by atoms with Crippen LogP contribution in [0.5, 0.6) is 0 Å². The van der Waals surface area contributed by atoms with Crippen molar-refractivity contribution in [1.82, 2.24) is 29.5 Å². The fourth-order valence-corrected chi connectivity index (χ4v) is 3.80. The Morgan fingerprint density at radius 3 is 2.47 bits per heavy atom. The van der Waals surface area contributed by atoms with E-state index in [1.54, 1.807) is 11.7 Å². The molecule has 0 radical (unpaired) electrons. The average Bonchev–Trinajstić information content (AvgIpc) is 3.25. The molecular weight excluding hydrogens is 460 g/mol. The van der Waals surface area contributed by atoms with Gasteiger partial charge in [0.2, 0.25) is 5.91 Å². The zero-order valence-corrected chi connectivity index (χ0v) is 20.1. The lowest BCUT2D eigenvalue weighted by Crippen LogP contribution is -2.48. The molecule has 0 saturated heterocycles. The number of nitrogens with one attached hydrogen (secondary N) is 2. The van der Waals surface area contributed by atoms with Gasteiger partial charge in [0.05, 0.1) is 25.2 Å². The fourth-order valence-electron chi connectivity index (χ4n) is 3.25. The maximum absolute atomic E-state index is 13.3. The minimum atomic E-state index is -0.698. The quantitative estimate of drug-likeness (QED) is 0.394. The van der Waals surface area contributed by atoms with Crippen molar-refractivity contribution >= 4 is 34.7 Å². The third-order valence-electron chi connectivity index (χ3n) is 4.89. The highest BCUT2D eigenvalue weighted by molar-refractivity contribution is 8.00. The van der Waals surface area contributed by atoms with E-state index in [1.807, 2.05) is 44.2 Å². The molecule has 2 amide bonds. The van der Waals surface area contributed by atoms with Crippen molar-refractivity contribution in [1.29, 1.82) is 0 Å². The first-order valence-electron chi connectivity index (χ1n) is 10.7. The third kappa shape index (κ3) is 6.14. The van der Waals surface area contributed by atoms with Gasteiger partial charge in [0.1, 0.15) is 6.54 Å². The molecular formula is C22H28N6O5S. The number of hydrazine groups is 1. The summed E-state index contributed by atoms with van der Waals surface area (Å²) >= 11 is 1.42. The van der Waals surface area contributed by atoms with Crippen molar-refractivity contribution in [3.63, 3.8) is 0 Å². The number of carbonyl (C=O) groups is 2. The Kier molecular flexibility index (Phi) is 8.66. The zero-order chi connectivity index (χ0) is 24.7. The number of carbonyl (C=O) groups excluding carboxylic acids is 2. The van der Waals surface area contributed by atoms with Crippen LogP contribution in [0.25, 0.3) is 11.2 Å². The van der Waals surface area contributed by atoms with Gasteiger partial charge in [-0.3, -0.25) is 29.8 Å². The monoisotopic (exact) mass is 488 g/mol. The molecule has 0 aliphatic rings. The molecule has 0 aliphatic carbocycles. The van der Waals surface area contributed by atoms with Crippen molar-refractivity contribution < 1.29 is 14.3 Å². The van der Waals surface area contributed by atoms with Crippen LogP contribution in [-0.2, 0) is 34.0 Å². The van der Waals surface area contributed by atoms with Gasteiger partial charge in [-0.05, 0) is 10.8 Å². The predicted molar refractivity (Wildman–Crippen MR) is 130 cm³/mol. The normalized spacial score (nSPS) is 11.2. The Morgan fingerprint density at radius 1 is 1.09 bits per heavy atom. The summed E-state index contributed by atoms with van der Waals surface area (Å²) in [7, 11) is 1.54. The molecule has 1 aromatic carbocycles. The number of rotatable bonds is 10. The molecule has 2 aromatic heterocycles. The molecule has 3 aromatic rings. The van der Waals surface area contributed by atoms with Gasteiger partial charge in [-0.25, -0.2) is 14.3 Å². The molecule has 2 heterocycles. The maximum atomic E-state index is 13.3. The Labute approximate surface area is 200 Å². The van der Waals surface area contributed by atoms with E-state index in [0.29, 0.717) is 13.2 Å². The molecule has 0 spiro atoms. The van der Waals surface area contributed by atoms with Crippen LogP contribution in [0.3, 0.4) is 0 Å². The summed E-state index contributed by atoms with van der Waals surface area (Å²) in [6.45, 7) is 4.21. The van der Waals surface area contributed by atoms with E-state index in [-0.39, 0.29) is 34.6 Å². The number of ether oxygens (including phenoxy) is 1. The van der Waals surface area contributed by atoms with Crippen LogP contribution in [0.1, 0.15) is 19.4 Å². The van der Waals surface area contributed by atoms with Crippen molar-refractivity contribution in [2.75, 3.05) is 19.5 Å². The zero-order valence-electron chi connectivity index (χ0n) is 19.3. The van der Waals surface area contributed by atoms with Gasteiger partial charge in [0, 0.05) is 13.7 Å². The number of thioether (sulfide) groups is 1. The molecule has 0 saturated carbocycles. The van der Waals surface area contributed by atoms with E-state index < -0.39 is 23.7 Å². The third-order valence-corrected chi connectivity index (χ3v) is 5.99. The van der Waals surface area contributed by atoms with Crippen LogP contribution in [0, 0.1) is 0 Å². The number of amides is 2. The van der Waals surface area contributed by atoms with Crippen LogP contribution in [0.15, 0.2) is 46.2 Å². The van der Waals surface area contributed by atoms with E-state index in [0.717, 1.165) is 10.1 Å². The Balaban J connectivity index is 1.93. The average molecular weight is 489 g/mol. The van der Waals surface area contributed by atoms with Crippen molar-refractivity contribution in [2.24, 2.45) is 0 Å². The number of hydrogen-bond donors (Lipinski definition) is 2. The summed E-state index contributed by atoms with van der Waals surface area (Å²) in [4.78, 5) is 55.1. The molecule has 12 heteroatoms. The minimum absolute atomic E-state index is 0.169. The maximum Gasteiger partial charge on any atom is 0.333 e. The highest BCUT2D eigenvalue weighted by atomic mass is 32.2. The molecule has 2 N–H and O–H groups in total. The van der Waals surface area contributed by atoms with E-state index in [4.69, 9.17) is 4.74 Å². The molecule has 0 unspecified atom stereocenters. The van der Waals surface area contributed by atoms with Gasteiger partial charge >= 0.3 is 5.69 Å². The predicted octanol–water partition coefficient (Wildman–Crippen LogP) is 0.343. The van der Waals surface area contributed by atoms with Gasteiger partial charge in [-0.1, -0.05) is 44.2 Å². The Hall–Kier alpha value is -3.38. The first-order chi connectivity index (χ1) is 16.3. The first-order valence-corrected chi connectivity index (χ1v) is 11.8. The number of nitrogens with zero attached hydrogens (tertiary/aromatic N) is 4. The second-order valence-electron chi connectivity index (χ2n) is 7.80. The summed E-state index contributed by atoms with van der Waals surface area (Å²) in [5.74, 6) is -0.906. The summed E-state index contributed by atoms with van der Waals surface area (Å²) in [5, 5.41) is 0.262. The second kappa shape index (κ2) is 11.7. The molecule has 0 atom stereocenters. The second-order valence-corrected chi connectivity index (χ2v) is 9.37. The molecule has 0 aliphatic heterocycles. The molecule has 11 nitrogen and oxygen atoms in total. The minimum Gasteiger partial charge on any atom is -0.383 e. The van der Waals surface area contributed by atoms with Gasteiger partial charge in [-0.15, -0.1) is 11.8 Å².